The molecule has 0 radical (unpaired) electrons. The van der Waals surface area contributed by atoms with Gasteiger partial charge in [-0.25, -0.2) is 9.69 Å². The molecule has 0 aliphatic carbocycles. The summed E-state index contributed by atoms with van der Waals surface area (Å²) in [5, 5.41) is 5.06. The van der Waals surface area contributed by atoms with Crippen LogP contribution < -0.4 is 10.2 Å². The largest absolute Gasteiger partial charge is 0.462 e. The minimum atomic E-state index is -0.456. The van der Waals surface area contributed by atoms with Crippen molar-refractivity contribution in [2.24, 2.45) is 0 Å². The van der Waals surface area contributed by atoms with Gasteiger partial charge in [-0.15, -0.1) is 11.3 Å². The number of carbonyl (C=O) groups is 4. The van der Waals surface area contributed by atoms with Crippen molar-refractivity contribution in [3.05, 3.63) is 64.0 Å². The first-order chi connectivity index (χ1) is 15.5. The van der Waals surface area contributed by atoms with E-state index in [0.29, 0.717) is 37.2 Å². The molecule has 166 valence electrons. The van der Waals surface area contributed by atoms with Crippen molar-refractivity contribution in [2.45, 2.75) is 25.8 Å². The van der Waals surface area contributed by atoms with Crippen molar-refractivity contribution in [1.29, 1.82) is 0 Å². The molecular weight excluding hydrogens is 430 g/mol. The molecule has 0 bridgehead atoms. The molecule has 2 aliphatic heterocycles. The van der Waals surface area contributed by atoms with Gasteiger partial charge in [-0.05, 0) is 55.5 Å². The van der Waals surface area contributed by atoms with Gasteiger partial charge in [-0.2, -0.15) is 0 Å². The normalized spacial score (nSPS) is 16.8. The van der Waals surface area contributed by atoms with Gasteiger partial charge in [-0.1, -0.05) is 6.07 Å². The molecule has 2 aliphatic rings. The van der Waals surface area contributed by atoms with Crippen LogP contribution in [0.25, 0.3) is 0 Å². The highest BCUT2D eigenvalue weighted by Crippen LogP contribution is 2.24. The maximum Gasteiger partial charge on any atom is 0.338 e. The second kappa shape index (κ2) is 9.35. The highest BCUT2D eigenvalue weighted by Gasteiger charge is 2.34. The summed E-state index contributed by atoms with van der Waals surface area (Å²) in [4.78, 5) is 53.2. The fraction of sp³-hybridized carbons (Fsp3) is 0.304. The number of nitrogens with zero attached hydrogens (tertiary/aromatic N) is 2. The van der Waals surface area contributed by atoms with Gasteiger partial charge in [0.15, 0.2) is 0 Å². The molecule has 1 fully saturated rings. The third-order valence-electron chi connectivity index (χ3n) is 5.43. The van der Waals surface area contributed by atoms with E-state index in [9.17, 15) is 19.2 Å². The van der Waals surface area contributed by atoms with E-state index in [1.807, 2.05) is 22.4 Å². The van der Waals surface area contributed by atoms with Gasteiger partial charge in [0.2, 0.25) is 0 Å². The van der Waals surface area contributed by atoms with Gasteiger partial charge >= 0.3 is 5.97 Å². The van der Waals surface area contributed by atoms with E-state index in [1.165, 1.54) is 29.5 Å². The number of likely N-dealkylation sites (tertiary alicyclic amines) is 1. The molecule has 8 nitrogen and oxygen atoms in total. The molecule has 2 aromatic rings. The van der Waals surface area contributed by atoms with Crippen LogP contribution in [-0.4, -0.2) is 54.3 Å². The number of amides is 3. The first kappa shape index (κ1) is 21.8. The molecule has 1 N–H and O–H groups in total. The van der Waals surface area contributed by atoms with Crippen LogP contribution in [0.3, 0.4) is 0 Å². The first-order valence-electron chi connectivity index (χ1n) is 10.4. The van der Waals surface area contributed by atoms with E-state index in [0.717, 1.165) is 9.78 Å². The zero-order valence-electron chi connectivity index (χ0n) is 17.6. The number of anilines is 1. The third-order valence-corrected chi connectivity index (χ3v) is 6.29. The minimum Gasteiger partial charge on any atom is -0.462 e. The number of carbonyl (C=O) groups excluding carboxylic acids is 4. The zero-order chi connectivity index (χ0) is 22.7. The smallest absolute Gasteiger partial charge is 0.338 e. The quantitative estimate of drug-likeness (QED) is 0.534. The number of hydrogen-bond donors (Lipinski definition) is 1. The number of hydrogen-bond acceptors (Lipinski definition) is 7. The maximum atomic E-state index is 12.9. The first-order valence-corrected chi connectivity index (χ1v) is 11.3. The number of nitrogens with one attached hydrogen (secondary N) is 1. The van der Waals surface area contributed by atoms with Gasteiger partial charge in [0, 0.05) is 25.2 Å². The number of thiophene rings is 1. The Morgan fingerprint density at radius 1 is 1.12 bits per heavy atom. The Balaban J connectivity index is 1.35. The van der Waals surface area contributed by atoms with Crippen molar-refractivity contribution in [2.75, 3.05) is 24.6 Å². The SMILES string of the molecule is CCOC(=O)c1ccc(N2C(=O)C=C(NC3CCN(C(=O)c4cccs4)CC3)C2=O)cc1. The van der Waals surface area contributed by atoms with Crippen LogP contribution >= 0.6 is 11.3 Å². The molecule has 1 aromatic carbocycles. The lowest BCUT2D eigenvalue weighted by Gasteiger charge is -2.32. The standard InChI is InChI=1S/C23H23N3O5S/c1-2-31-23(30)15-5-7-17(8-6-15)26-20(27)14-18(21(26)28)24-16-9-11-25(12-10-16)22(29)19-4-3-13-32-19/h3-8,13-14,16,24H,2,9-12H2,1H3. The summed E-state index contributed by atoms with van der Waals surface area (Å²) in [5.74, 6) is -1.30. The highest BCUT2D eigenvalue weighted by atomic mass is 32.1. The highest BCUT2D eigenvalue weighted by molar-refractivity contribution is 7.12. The van der Waals surface area contributed by atoms with E-state index >= 15 is 0 Å². The van der Waals surface area contributed by atoms with Crippen molar-refractivity contribution in [3.63, 3.8) is 0 Å². The fourth-order valence-electron chi connectivity index (χ4n) is 3.78. The van der Waals surface area contributed by atoms with Crippen molar-refractivity contribution >= 4 is 40.7 Å². The molecule has 0 atom stereocenters. The van der Waals surface area contributed by atoms with E-state index in [-0.39, 0.29) is 24.3 Å². The van der Waals surface area contributed by atoms with Gasteiger partial charge in [0.05, 0.1) is 22.7 Å². The molecule has 9 heteroatoms. The van der Waals surface area contributed by atoms with E-state index in [1.54, 1.807) is 19.1 Å². The third kappa shape index (κ3) is 4.43. The fourth-order valence-corrected chi connectivity index (χ4v) is 4.47. The number of rotatable bonds is 6. The summed E-state index contributed by atoms with van der Waals surface area (Å²) in [7, 11) is 0. The second-order valence-electron chi connectivity index (χ2n) is 7.49. The summed E-state index contributed by atoms with van der Waals surface area (Å²) < 4.78 is 4.95. The summed E-state index contributed by atoms with van der Waals surface area (Å²) in [6.07, 6.45) is 2.67. The average molecular weight is 454 g/mol. The lowest BCUT2D eigenvalue weighted by molar-refractivity contribution is -0.120. The van der Waals surface area contributed by atoms with Crippen LogP contribution in [0.5, 0.6) is 0 Å². The van der Waals surface area contributed by atoms with Crippen LogP contribution in [0.4, 0.5) is 5.69 Å². The van der Waals surface area contributed by atoms with E-state index in [2.05, 4.69) is 5.32 Å². The Morgan fingerprint density at radius 3 is 2.47 bits per heavy atom. The predicted molar refractivity (Wildman–Crippen MR) is 119 cm³/mol. The summed E-state index contributed by atoms with van der Waals surface area (Å²) in [5.41, 5.74) is 0.981. The molecule has 0 spiro atoms. The molecule has 1 aromatic heterocycles. The Labute approximate surface area is 189 Å². The molecule has 3 amide bonds. The molecule has 0 saturated carbocycles. The van der Waals surface area contributed by atoms with E-state index < -0.39 is 17.8 Å². The Morgan fingerprint density at radius 2 is 1.84 bits per heavy atom. The van der Waals surface area contributed by atoms with Crippen molar-refractivity contribution < 1.29 is 23.9 Å². The second-order valence-corrected chi connectivity index (χ2v) is 8.44. The van der Waals surface area contributed by atoms with Gasteiger partial charge in [0.1, 0.15) is 5.70 Å². The topological polar surface area (TPSA) is 96.0 Å². The number of esters is 1. The molecule has 1 saturated heterocycles. The van der Waals surface area contributed by atoms with Crippen LogP contribution in [0, 0.1) is 0 Å². The van der Waals surface area contributed by atoms with Crippen LogP contribution in [0.1, 0.15) is 39.8 Å². The van der Waals surface area contributed by atoms with Crippen molar-refractivity contribution in [1.82, 2.24) is 10.2 Å². The van der Waals surface area contributed by atoms with Gasteiger partial charge in [-0.3, -0.25) is 14.4 Å². The lowest BCUT2D eigenvalue weighted by atomic mass is 10.0. The number of benzene rings is 1. The minimum absolute atomic E-state index is 0.00322. The Bertz CT molecular complexity index is 1050. The monoisotopic (exact) mass is 453 g/mol. The molecule has 3 heterocycles. The summed E-state index contributed by atoms with van der Waals surface area (Å²) in [6, 6.07) is 9.83. The van der Waals surface area contributed by atoms with Crippen LogP contribution in [0.2, 0.25) is 0 Å². The number of piperidine rings is 1. The molecule has 0 unspecified atom stereocenters. The van der Waals surface area contributed by atoms with E-state index in [4.69, 9.17) is 4.74 Å². The summed E-state index contributed by atoms with van der Waals surface area (Å²) >= 11 is 1.43. The molecular formula is C23H23N3O5S. The Hall–Kier alpha value is -3.46. The van der Waals surface area contributed by atoms with Crippen LogP contribution in [-0.2, 0) is 14.3 Å². The molecule has 32 heavy (non-hydrogen) atoms. The van der Waals surface area contributed by atoms with Crippen molar-refractivity contribution in [3.8, 4) is 0 Å². The lowest BCUT2D eigenvalue weighted by Crippen LogP contribution is -2.45. The van der Waals surface area contributed by atoms with Crippen LogP contribution in [0.15, 0.2) is 53.6 Å². The average Bonchev–Trinajstić information content (AvgIpc) is 3.43. The molecule has 4 rings (SSSR count). The number of imide groups is 1. The summed E-state index contributed by atoms with van der Waals surface area (Å²) in [6.45, 7) is 3.16. The zero-order valence-corrected chi connectivity index (χ0v) is 18.4. The van der Waals surface area contributed by atoms with Gasteiger partial charge in [0.25, 0.3) is 17.7 Å². The predicted octanol–water partition coefficient (Wildman–Crippen LogP) is 2.58. The number of ether oxygens (including phenoxy) is 1. The maximum absolute atomic E-state index is 12.9. The van der Waals surface area contributed by atoms with Gasteiger partial charge < -0.3 is 15.0 Å². The Kier molecular flexibility index (Phi) is 6.36.